The van der Waals surface area contributed by atoms with Crippen LogP contribution in [0.15, 0.2) is 42.0 Å². The van der Waals surface area contributed by atoms with Gasteiger partial charge in [-0.15, -0.1) is 0 Å². The first-order chi connectivity index (χ1) is 13.2. The topological polar surface area (TPSA) is 21.7 Å². The van der Waals surface area contributed by atoms with Gasteiger partial charge in [0.25, 0.3) is 0 Å². The summed E-state index contributed by atoms with van der Waals surface area (Å²) >= 11 is 0. The van der Waals surface area contributed by atoms with Crippen molar-refractivity contribution in [3.63, 3.8) is 0 Å². The molecule has 0 aromatic heterocycles. The van der Waals surface area contributed by atoms with Crippen molar-refractivity contribution in [3.8, 4) is 0 Å². The zero-order chi connectivity index (χ0) is 19.1. The van der Waals surface area contributed by atoms with Crippen LogP contribution in [0.1, 0.15) is 44.6 Å². The first-order valence-corrected chi connectivity index (χ1v) is 11.4. The van der Waals surface area contributed by atoms with Crippen LogP contribution < -0.4 is 10.2 Å². The van der Waals surface area contributed by atoms with Gasteiger partial charge in [-0.05, 0) is 61.5 Å². The third kappa shape index (κ3) is 5.44. The Labute approximate surface area is 166 Å². The average molecular weight is 388 g/mol. The summed E-state index contributed by atoms with van der Waals surface area (Å²) in [7, 11) is 2.47. The van der Waals surface area contributed by atoms with Crippen molar-refractivity contribution >= 4 is 19.6 Å². The van der Waals surface area contributed by atoms with Crippen LogP contribution in [0.5, 0.6) is 0 Å². The van der Waals surface area contributed by atoms with Gasteiger partial charge in [0, 0.05) is 31.5 Å². The van der Waals surface area contributed by atoms with Crippen LogP contribution in [0.3, 0.4) is 0 Å². The van der Waals surface area contributed by atoms with Gasteiger partial charge < -0.3 is 14.4 Å². The summed E-state index contributed by atoms with van der Waals surface area (Å²) in [6, 6.07) is 7.04. The predicted octanol–water partition coefficient (Wildman–Crippen LogP) is 4.94. The fourth-order valence-electron chi connectivity index (χ4n) is 4.05. The minimum atomic E-state index is 0.149. The summed E-state index contributed by atoms with van der Waals surface area (Å²) in [6.45, 7) is 7.27. The number of rotatable bonds is 8. The maximum atomic E-state index is 5.98. The number of benzene rings is 1. The quantitative estimate of drug-likeness (QED) is 0.466. The van der Waals surface area contributed by atoms with Crippen molar-refractivity contribution in [2.45, 2.75) is 57.7 Å². The van der Waals surface area contributed by atoms with Crippen molar-refractivity contribution in [2.24, 2.45) is 0 Å². The van der Waals surface area contributed by atoms with Gasteiger partial charge in [-0.3, -0.25) is 0 Å². The number of anilines is 1. The van der Waals surface area contributed by atoms with Crippen LogP contribution in [0.4, 0.5) is 5.69 Å². The Bertz CT molecular complexity index is 664. The smallest absolute Gasteiger partial charge is 0.147 e. The molecule has 1 aliphatic carbocycles. The normalized spacial score (nSPS) is 21.7. The highest BCUT2D eigenvalue weighted by Crippen LogP contribution is 2.36. The Morgan fingerprint density at radius 1 is 1.22 bits per heavy atom. The van der Waals surface area contributed by atoms with Gasteiger partial charge in [0.05, 0.1) is 6.10 Å². The number of piperidine rings is 1. The molecule has 1 saturated heterocycles. The van der Waals surface area contributed by atoms with E-state index in [0.717, 1.165) is 21.4 Å². The van der Waals surface area contributed by atoms with E-state index in [9.17, 15) is 0 Å². The number of aryl methyl sites for hydroxylation is 1. The molecule has 3 atom stereocenters. The average Bonchev–Trinajstić information content (AvgIpc) is 2.72. The highest BCUT2D eigenvalue weighted by atomic mass is 31.1. The Hall–Kier alpha value is -1.15. The monoisotopic (exact) mass is 387 g/mol. The summed E-state index contributed by atoms with van der Waals surface area (Å²) in [5.41, 5.74) is 4.79. The third-order valence-electron chi connectivity index (χ3n) is 5.52. The second kappa shape index (κ2) is 10.4. The van der Waals surface area contributed by atoms with Gasteiger partial charge in [-0.2, -0.15) is 0 Å². The minimum Gasteiger partial charge on any atom is -0.371 e. The van der Waals surface area contributed by atoms with Crippen LogP contribution in [-0.2, 0) is 9.47 Å². The molecule has 0 bridgehead atoms. The van der Waals surface area contributed by atoms with Crippen LogP contribution >= 0.6 is 8.58 Å². The Morgan fingerprint density at radius 2 is 2.04 bits per heavy atom. The molecule has 0 spiro atoms. The molecule has 1 heterocycles. The fraction of sp³-hybridized carbons (Fsp3) is 0.565. The van der Waals surface area contributed by atoms with Crippen molar-refractivity contribution in [1.82, 2.24) is 0 Å². The molecule has 1 aromatic rings. The highest BCUT2D eigenvalue weighted by molar-refractivity contribution is 7.48. The first kappa shape index (κ1) is 20.6. The van der Waals surface area contributed by atoms with E-state index >= 15 is 0 Å². The standard InChI is InChI=1S/C23H34NO2P/c1-4-22(19-10-6-7-11-21(19)26-17-25-3)27-23-13-12-18(2)16-20(23)24-14-8-5-9-15-24/h6-7,10,12-13,16,21-22,27H,4-5,8-9,11,14-15,17H2,1-3H3. The molecule has 1 fully saturated rings. The van der Waals surface area contributed by atoms with E-state index in [1.54, 1.807) is 7.11 Å². The van der Waals surface area contributed by atoms with Crippen molar-refractivity contribution in [1.29, 1.82) is 0 Å². The van der Waals surface area contributed by atoms with Crippen molar-refractivity contribution in [3.05, 3.63) is 47.6 Å². The van der Waals surface area contributed by atoms with E-state index in [1.165, 1.54) is 54.5 Å². The largest absolute Gasteiger partial charge is 0.371 e. The maximum absolute atomic E-state index is 5.98. The fourth-order valence-corrected chi connectivity index (χ4v) is 5.63. The van der Waals surface area contributed by atoms with Gasteiger partial charge in [0.1, 0.15) is 6.79 Å². The molecule has 148 valence electrons. The molecule has 2 aliphatic rings. The SMILES string of the molecule is CCC(Pc1ccc(C)cc1N1CCCCC1)C1=CC=CCC1OCOC. The summed E-state index contributed by atoms with van der Waals surface area (Å²) in [6.07, 6.45) is 12.9. The van der Waals surface area contributed by atoms with Crippen LogP contribution in [0.25, 0.3) is 0 Å². The van der Waals surface area contributed by atoms with E-state index in [-0.39, 0.29) is 6.10 Å². The molecule has 0 amide bonds. The number of nitrogens with zero attached hydrogens (tertiary/aromatic N) is 1. The second-order valence-electron chi connectivity index (χ2n) is 7.57. The molecule has 27 heavy (non-hydrogen) atoms. The molecule has 0 radical (unpaired) electrons. The maximum Gasteiger partial charge on any atom is 0.147 e. The zero-order valence-electron chi connectivity index (χ0n) is 17.0. The highest BCUT2D eigenvalue weighted by Gasteiger charge is 2.25. The molecule has 3 nitrogen and oxygen atoms in total. The molecule has 0 saturated carbocycles. The summed E-state index contributed by atoms with van der Waals surface area (Å²) < 4.78 is 11.1. The van der Waals surface area contributed by atoms with Crippen LogP contribution in [0.2, 0.25) is 0 Å². The Morgan fingerprint density at radius 3 is 2.78 bits per heavy atom. The third-order valence-corrected chi connectivity index (χ3v) is 7.35. The lowest BCUT2D eigenvalue weighted by atomic mass is 9.97. The van der Waals surface area contributed by atoms with Crippen molar-refractivity contribution < 1.29 is 9.47 Å². The summed E-state index contributed by atoms with van der Waals surface area (Å²) in [4.78, 5) is 2.61. The number of ether oxygens (including phenoxy) is 2. The number of hydrogen-bond acceptors (Lipinski definition) is 3. The lowest BCUT2D eigenvalue weighted by Crippen LogP contribution is -2.33. The lowest BCUT2D eigenvalue weighted by molar-refractivity contribution is -0.0589. The van der Waals surface area contributed by atoms with E-state index < -0.39 is 0 Å². The summed E-state index contributed by atoms with van der Waals surface area (Å²) in [5, 5.41) is 1.51. The molecular formula is C23H34NO2P. The number of methoxy groups -OCH3 is 1. The van der Waals surface area contributed by atoms with Gasteiger partial charge in [0.15, 0.2) is 0 Å². The Balaban J connectivity index is 1.81. The molecule has 0 N–H and O–H groups in total. The van der Waals surface area contributed by atoms with Gasteiger partial charge in [0.2, 0.25) is 0 Å². The number of hydrogen-bond donors (Lipinski definition) is 0. The van der Waals surface area contributed by atoms with E-state index in [4.69, 9.17) is 9.47 Å². The Kier molecular flexibility index (Phi) is 7.93. The molecule has 1 aromatic carbocycles. The molecule has 3 rings (SSSR count). The minimum absolute atomic E-state index is 0.149. The molecule has 3 unspecified atom stereocenters. The van der Waals surface area contributed by atoms with E-state index in [2.05, 4.69) is 55.2 Å². The van der Waals surface area contributed by atoms with Gasteiger partial charge in [-0.25, -0.2) is 0 Å². The summed E-state index contributed by atoms with van der Waals surface area (Å²) in [5.74, 6) is 0. The second-order valence-corrected chi connectivity index (χ2v) is 9.09. The van der Waals surface area contributed by atoms with Gasteiger partial charge >= 0.3 is 0 Å². The van der Waals surface area contributed by atoms with E-state index in [1.807, 2.05) is 0 Å². The van der Waals surface area contributed by atoms with E-state index in [0.29, 0.717) is 12.5 Å². The lowest BCUT2D eigenvalue weighted by Gasteiger charge is -2.33. The number of allylic oxidation sites excluding steroid dienone is 2. The predicted molar refractivity (Wildman–Crippen MR) is 118 cm³/mol. The van der Waals surface area contributed by atoms with Crippen LogP contribution in [-0.4, -0.2) is 38.8 Å². The first-order valence-electron chi connectivity index (χ1n) is 10.3. The molecule has 4 heteroatoms. The zero-order valence-corrected chi connectivity index (χ0v) is 18.0. The van der Waals surface area contributed by atoms with Crippen LogP contribution in [0, 0.1) is 6.92 Å². The van der Waals surface area contributed by atoms with Crippen molar-refractivity contribution in [2.75, 3.05) is 31.9 Å². The van der Waals surface area contributed by atoms with Gasteiger partial charge in [-0.1, -0.05) is 45.9 Å². The molecular weight excluding hydrogens is 353 g/mol. The molecule has 1 aliphatic heterocycles.